The van der Waals surface area contributed by atoms with Crippen molar-refractivity contribution in [3.05, 3.63) is 34.9 Å². The van der Waals surface area contributed by atoms with Crippen LogP contribution in [0.25, 0.3) is 0 Å². The molecule has 0 unspecified atom stereocenters. The monoisotopic (exact) mass is 402 g/mol. The zero-order chi connectivity index (χ0) is 21.0. The molecule has 0 amide bonds. The Balaban J connectivity index is 4.02. The molecule has 0 saturated heterocycles. The zero-order valence-corrected chi connectivity index (χ0v) is 21.6. The molecule has 0 rings (SSSR count). The van der Waals surface area contributed by atoms with Crippen LogP contribution in [0.1, 0.15) is 119 Å². The van der Waals surface area contributed by atoms with E-state index in [2.05, 4.69) is 59.8 Å². The van der Waals surface area contributed by atoms with Crippen LogP contribution in [0.4, 0.5) is 0 Å². The highest BCUT2D eigenvalue weighted by Crippen LogP contribution is 2.20. The lowest BCUT2D eigenvalue weighted by atomic mass is 10.1. The first kappa shape index (κ1) is 27.8. The Morgan fingerprint density at radius 1 is 0.429 bits per heavy atom. The molecule has 0 aliphatic carbocycles. The molecule has 0 nitrogen and oxygen atoms in total. The van der Waals surface area contributed by atoms with E-state index in [-0.39, 0.29) is 0 Å². The average molecular weight is 403 g/mol. The van der Waals surface area contributed by atoms with Crippen LogP contribution in [-0.4, -0.2) is 14.1 Å². The molecule has 162 valence electrons. The summed E-state index contributed by atoms with van der Waals surface area (Å²) < 4.78 is 0. The summed E-state index contributed by atoms with van der Waals surface area (Å²) in [5, 5.41) is 4.82. The molecular weight excluding hydrogens is 351 g/mol. The van der Waals surface area contributed by atoms with E-state index in [1.807, 2.05) is 0 Å². The van der Waals surface area contributed by atoms with Crippen LogP contribution in [0.15, 0.2) is 34.9 Å². The first-order valence-corrected chi connectivity index (χ1v) is 14.8. The average Bonchev–Trinajstić information content (AvgIpc) is 2.62. The Bertz CT molecular complexity index is 363. The summed E-state index contributed by atoms with van der Waals surface area (Å²) in [5.41, 5.74) is 4.44. The fourth-order valence-electron chi connectivity index (χ4n) is 3.87. The van der Waals surface area contributed by atoms with Gasteiger partial charge in [0.2, 0.25) is 0 Å². The molecule has 0 spiro atoms. The molecule has 0 fully saturated rings. The van der Waals surface area contributed by atoms with Crippen molar-refractivity contribution >= 4 is 14.1 Å². The minimum atomic E-state index is -0.494. The SMILES string of the molecule is CC(C)=CCCCC[CH2][Al]([CH2]CCCCC=C(C)C)[CH2]CCCCC=C(C)C. The molecule has 0 aromatic heterocycles. The second-order valence-corrected chi connectivity index (χ2v) is 13.1. The predicted molar refractivity (Wildman–Crippen MR) is 134 cm³/mol. The fraction of sp³-hybridized carbons (Fsp3) is 0.778. The third-order valence-corrected chi connectivity index (χ3v) is 9.28. The van der Waals surface area contributed by atoms with E-state index in [9.17, 15) is 0 Å². The topological polar surface area (TPSA) is 0 Å². The molecule has 0 aromatic carbocycles. The lowest BCUT2D eigenvalue weighted by Gasteiger charge is -2.12. The van der Waals surface area contributed by atoms with Crippen molar-refractivity contribution in [3.8, 4) is 0 Å². The Morgan fingerprint density at radius 2 is 0.714 bits per heavy atom. The van der Waals surface area contributed by atoms with Crippen molar-refractivity contribution in [2.75, 3.05) is 0 Å². The third kappa shape index (κ3) is 22.0. The highest BCUT2D eigenvalue weighted by Gasteiger charge is 2.15. The van der Waals surface area contributed by atoms with Crippen molar-refractivity contribution in [2.24, 2.45) is 0 Å². The summed E-state index contributed by atoms with van der Waals surface area (Å²) in [6.07, 6.45) is 24.2. The largest absolute Gasteiger partial charge is 0.261 e. The molecule has 0 saturated carbocycles. The van der Waals surface area contributed by atoms with Crippen molar-refractivity contribution in [1.82, 2.24) is 0 Å². The molecule has 0 aliphatic heterocycles. The van der Waals surface area contributed by atoms with Gasteiger partial charge in [-0.2, -0.15) is 0 Å². The van der Waals surface area contributed by atoms with Crippen LogP contribution >= 0.6 is 0 Å². The van der Waals surface area contributed by atoms with Crippen molar-refractivity contribution in [2.45, 2.75) is 134 Å². The number of hydrogen-bond acceptors (Lipinski definition) is 0. The van der Waals surface area contributed by atoms with Gasteiger partial charge in [0.25, 0.3) is 14.1 Å². The van der Waals surface area contributed by atoms with Crippen LogP contribution in [0.5, 0.6) is 0 Å². The standard InChI is InChI=1S/3C9H17.Al/c3*1-4-5-6-7-8-9(2)3;/h3*8H,1,4-7H2,2-3H3;. The highest BCUT2D eigenvalue weighted by molar-refractivity contribution is 6.58. The van der Waals surface area contributed by atoms with Gasteiger partial charge in [-0.1, -0.05) is 89.3 Å². The lowest BCUT2D eigenvalue weighted by molar-refractivity contribution is 0.692. The van der Waals surface area contributed by atoms with Crippen molar-refractivity contribution in [1.29, 1.82) is 0 Å². The van der Waals surface area contributed by atoms with Crippen LogP contribution in [-0.2, 0) is 0 Å². The normalized spacial score (nSPS) is 10.5. The van der Waals surface area contributed by atoms with Gasteiger partial charge in [-0.3, -0.25) is 0 Å². The molecule has 0 N–H and O–H groups in total. The van der Waals surface area contributed by atoms with E-state index in [4.69, 9.17) is 0 Å². The smallest absolute Gasteiger partial charge is 0.0939 e. The van der Waals surface area contributed by atoms with Gasteiger partial charge < -0.3 is 0 Å². The quantitative estimate of drug-likeness (QED) is 0.121. The predicted octanol–water partition coefficient (Wildman–Crippen LogP) is 10.1. The molecule has 0 heterocycles. The van der Waals surface area contributed by atoms with E-state index in [1.54, 1.807) is 15.8 Å². The molecule has 0 radical (unpaired) electrons. The fourth-order valence-corrected chi connectivity index (χ4v) is 7.33. The maximum atomic E-state index is 2.41. The van der Waals surface area contributed by atoms with Gasteiger partial charge in [-0.15, -0.1) is 0 Å². The van der Waals surface area contributed by atoms with E-state index in [0.29, 0.717) is 0 Å². The summed E-state index contributed by atoms with van der Waals surface area (Å²) in [6.45, 7) is 13.3. The highest BCUT2D eigenvalue weighted by atomic mass is 27.2. The van der Waals surface area contributed by atoms with Gasteiger partial charge in [-0.25, -0.2) is 0 Å². The molecule has 28 heavy (non-hydrogen) atoms. The Labute approximate surface area is 183 Å². The molecule has 0 bridgehead atoms. The maximum Gasteiger partial charge on any atom is 0.261 e. The molecule has 0 aromatic rings. The minimum absolute atomic E-state index is 0.494. The van der Waals surface area contributed by atoms with Gasteiger partial charge in [0.05, 0.1) is 0 Å². The lowest BCUT2D eigenvalue weighted by Crippen LogP contribution is -2.12. The van der Waals surface area contributed by atoms with Crippen LogP contribution < -0.4 is 0 Å². The van der Waals surface area contributed by atoms with Gasteiger partial charge in [0.1, 0.15) is 0 Å². The summed E-state index contributed by atoms with van der Waals surface area (Å²) in [4.78, 5) is 0. The van der Waals surface area contributed by atoms with Gasteiger partial charge in [-0.05, 0) is 80.1 Å². The van der Waals surface area contributed by atoms with Crippen LogP contribution in [0, 0.1) is 0 Å². The van der Waals surface area contributed by atoms with Gasteiger partial charge in [0, 0.05) is 0 Å². The third-order valence-electron chi connectivity index (χ3n) is 5.61. The summed E-state index contributed by atoms with van der Waals surface area (Å²) in [6, 6.07) is 0. The molecule has 0 atom stereocenters. The van der Waals surface area contributed by atoms with E-state index < -0.39 is 14.1 Å². The Kier molecular flexibility index (Phi) is 19.9. The van der Waals surface area contributed by atoms with Crippen LogP contribution in [0.3, 0.4) is 0 Å². The van der Waals surface area contributed by atoms with Crippen molar-refractivity contribution < 1.29 is 0 Å². The molecular formula is C27H51Al. The summed E-state index contributed by atoms with van der Waals surface area (Å²) >= 11 is -0.494. The van der Waals surface area contributed by atoms with Crippen LogP contribution in [0.2, 0.25) is 15.8 Å². The molecule has 1 heteroatoms. The van der Waals surface area contributed by atoms with Gasteiger partial charge >= 0.3 is 0 Å². The number of rotatable bonds is 18. The van der Waals surface area contributed by atoms with Crippen molar-refractivity contribution in [3.63, 3.8) is 0 Å². The maximum absolute atomic E-state index is 2.41. The zero-order valence-electron chi connectivity index (χ0n) is 20.4. The number of allylic oxidation sites excluding steroid dienone is 6. The minimum Gasteiger partial charge on any atom is -0.0939 e. The molecule has 0 aliphatic rings. The Hall–Kier alpha value is -0.248. The number of hydrogen-bond donors (Lipinski definition) is 0. The van der Waals surface area contributed by atoms with E-state index in [1.165, 1.54) is 93.8 Å². The van der Waals surface area contributed by atoms with E-state index >= 15 is 0 Å². The van der Waals surface area contributed by atoms with Gasteiger partial charge in [0.15, 0.2) is 0 Å². The first-order valence-electron chi connectivity index (χ1n) is 12.3. The summed E-state index contributed by atoms with van der Waals surface area (Å²) in [7, 11) is 0. The number of unbranched alkanes of at least 4 members (excludes halogenated alkanes) is 9. The summed E-state index contributed by atoms with van der Waals surface area (Å²) in [5.74, 6) is 0. The Morgan fingerprint density at radius 3 is 0.964 bits per heavy atom. The first-order chi connectivity index (χ1) is 13.4. The van der Waals surface area contributed by atoms with E-state index in [0.717, 1.165) is 0 Å². The second kappa shape index (κ2) is 20.0. The second-order valence-electron chi connectivity index (χ2n) is 9.62.